The minimum Gasteiger partial charge on any atom is -0.456 e. The van der Waals surface area contributed by atoms with Crippen LogP contribution in [-0.4, -0.2) is 0 Å². The number of hydrogen-bond acceptors (Lipinski definition) is 2. The summed E-state index contributed by atoms with van der Waals surface area (Å²) in [7, 11) is 0. The molecule has 0 saturated carbocycles. The average Bonchev–Trinajstić information content (AvgIpc) is 3.30. The maximum atomic E-state index is 6.13. The molecule has 2 heteroatoms. The van der Waals surface area contributed by atoms with Gasteiger partial charge in [0.2, 0.25) is 0 Å². The van der Waals surface area contributed by atoms with Crippen molar-refractivity contribution in [3.63, 3.8) is 0 Å². The van der Waals surface area contributed by atoms with Crippen LogP contribution < -0.4 is 4.90 Å². The Balaban J connectivity index is 1.43. The highest BCUT2D eigenvalue weighted by Gasteiger charge is 2.37. The molecule has 0 spiro atoms. The summed E-state index contributed by atoms with van der Waals surface area (Å²) in [6.07, 6.45) is 2.44. The van der Waals surface area contributed by atoms with E-state index in [1.807, 2.05) is 12.1 Å². The quantitative estimate of drug-likeness (QED) is 0.243. The molecule has 0 radical (unpaired) electrons. The molecule has 0 saturated heterocycles. The Morgan fingerprint density at radius 2 is 1.13 bits per heavy atom. The van der Waals surface area contributed by atoms with Crippen LogP contribution in [0.25, 0.3) is 32.7 Å². The van der Waals surface area contributed by atoms with E-state index in [4.69, 9.17) is 4.42 Å². The molecule has 1 aliphatic carbocycles. The summed E-state index contributed by atoms with van der Waals surface area (Å²) in [5, 5.41) is 4.88. The first-order chi connectivity index (χ1) is 18.3. The fourth-order valence-electron chi connectivity index (χ4n) is 6.32. The van der Waals surface area contributed by atoms with Crippen LogP contribution in [0.1, 0.15) is 51.7 Å². The number of fused-ring (bicyclic) bond motifs is 5. The number of hydrogen-bond donors (Lipinski definition) is 0. The first-order valence-corrected chi connectivity index (χ1v) is 13.7. The molecule has 1 aliphatic rings. The Morgan fingerprint density at radius 3 is 1.89 bits per heavy atom. The predicted octanol–water partition coefficient (Wildman–Crippen LogP) is 10.6. The first-order valence-electron chi connectivity index (χ1n) is 13.7. The van der Waals surface area contributed by atoms with E-state index in [1.165, 1.54) is 34.7 Å². The second kappa shape index (κ2) is 8.23. The molecule has 0 N–H and O–H groups in total. The number of nitrogens with zero attached hydrogens (tertiary/aromatic N) is 1. The third-order valence-electron chi connectivity index (χ3n) is 8.68. The highest BCUT2D eigenvalue weighted by molar-refractivity contribution is 6.06. The molecule has 188 valence electrons. The maximum absolute atomic E-state index is 6.13. The lowest BCUT2D eigenvalue weighted by Crippen LogP contribution is -2.33. The van der Waals surface area contributed by atoms with Crippen molar-refractivity contribution in [2.24, 2.45) is 0 Å². The van der Waals surface area contributed by atoms with E-state index in [0.29, 0.717) is 0 Å². The fraction of sp³-hybridized carbons (Fsp3) is 0.222. The standard InChI is InChI=1S/C36H33NO/c1-35(2)18-19-36(3,4)32-22-25-20-27(15-14-24(25)21-31(32)35)37(26-10-6-5-7-11-26)28-16-17-34-30(23-28)29-12-8-9-13-33(29)38-34/h5-17,20-23H,18-19H2,1-4H3. The van der Waals surface area contributed by atoms with Crippen LogP contribution in [0, 0.1) is 0 Å². The van der Waals surface area contributed by atoms with Crippen molar-refractivity contribution >= 4 is 49.8 Å². The van der Waals surface area contributed by atoms with Crippen molar-refractivity contribution in [3.8, 4) is 0 Å². The normalized spacial score (nSPS) is 16.1. The Labute approximate surface area is 224 Å². The lowest BCUT2D eigenvalue weighted by atomic mass is 9.63. The first kappa shape index (κ1) is 23.1. The largest absolute Gasteiger partial charge is 0.456 e. The zero-order valence-corrected chi connectivity index (χ0v) is 22.6. The van der Waals surface area contributed by atoms with Crippen LogP contribution >= 0.6 is 0 Å². The zero-order valence-electron chi connectivity index (χ0n) is 22.6. The molecule has 0 atom stereocenters. The van der Waals surface area contributed by atoms with Gasteiger partial charge in [-0.1, -0.05) is 82.3 Å². The van der Waals surface area contributed by atoms with Gasteiger partial charge in [-0.2, -0.15) is 0 Å². The van der Waals surface area contributed by atoms with Gasteiger partial charge >= 0.3 is 0 Å². The summed E-state index contributed by atoms with van der Waals surface area (Å²) in [5.41, 5.74) is 8.64. The monoisotopic (exact) mass is 495 g/mol. The van der Waals surface area contributed by atoms with Gasteiger partial charge in [-0.15, -0.1) is 0 Å². The van der Waals surface area contributed by atoms with Crippen LogP contribution in [-0.2, 0) is 10.8 Å². The maximum Gasteiger partial charge on any atom is 0.135 e. The van der Waals surface area contributed by atoms with Crippen molar-refractivity contribution in [3.05, 3.63) is 114 Å². The van der Waals surface area contributed by atoms with E-state index in [-0.39, 0.29) is 10.8 Å². The molecule has 0 fully saturated rings. The minimum absolute atomic E-state index is 0.182. The summed E-state index contributed by atoms with van der Waals surface area (Å²) >= 11 is 0. The molecular formula is C36H33NO. The lowest BCUT2D eigenvalue weighted by Gasteiger charge is -2.42. The summed E-state index contributed by atoms with van der Waals surface area (Å²) in [4.78, 5) is 2.36. The number of benzene rings is 5. The summed E-state index contributed by atoms with van der Waals surface area (Å²) in [6.45, 7) is 9.59. The Hall–Kier alpha value is -4.04. The molecule has 7 rings (SSSR count). The van der Waals surface area contributed by atoms with Gasteiger partial charge in [0, 0.05) is 27.8 Å². The van der Waals surface area contributed by atoms with Crippen LogP contribution in [0.3, 0.4) is 0 Å². The van der Waals surface area contributed by atoms with E-state index < -0.39 is 0 Å². The topological polar surface area (TPSA) is 16.4 Å². The Kier molecular flexibility index (Phi) is 5.00. The molecule has 0 bridgehead atoms. The van der Waals surface area contributed by atoms with Crippen LogP contribution in [0.15, 0.2) is 108 Å². The van der Waals surface area contributed by atoms with Crippen molar-refractivity contribution in [2.45, 2.75) is 51.4 Å². The van der Waals surface area contributed by atoms with Gasteiger partial charge in [0.25, 0.3) is 0 Å². The molecule has 0 aliphatic heterocycles. The molecular weight excluding hydrogens is 462 g/mol. The van der Waals surface area contributed by atoms with E-state index in [1.54, 1.807) is 0 Å². The smallest absolute Gasteiger partial charge is 0.135 e. The number of rotatable bonds is 3. The molecule has 5 aromatic carbocycles. The van der Waals surface area contributed by atoms with E-state index in [9.17, 15) is 0 Å². The van der Waals surface area contributed by atoms with Crippen molar-refractivity contribution in [1.82, 2.24) is 0 Å². The Morgan fingerprint density at radius 1 is 0.526 bits per heavy atom. The van der Waals surface area contributed by atoms with Gasteiger partial charge in [0.1, 0.15) is 11.2 Å². The van der Waals surface area contributed by atoms with Gasteiger partial charge in [0.05, 0.1) is 0 Å². The SMILES string of the molecule is CC1(C)CCC(C)(C)c2cc3cc(N(c4ccccc4)c4ccc5oc6ccccc6c5c4)ccc3cc21. The third-order valence-corrected chi connectivity index (χ3v) is 8.68. The van der Waals surface area contributed by atoms with Crippen molar-refractivity contribution in [1.29, 1.82) is 0 Å². The van der Waals surface area contributed by atoms with Crippen LogP contribution in [0.4, 0.5) is 17.1 Å². The number of furan rings is 1. The van der Waals surface area contributed by atoms with Gasteiger partial charge in [-0.25, -0.2) is 0 Å². The minimum atomic E-state index is 0.182. The van der Waals surface area contributed by atoms with E-state index >= 15 is 0 Å². The predicted molar refractivity (Wildman–Crippen MR) is 161 cm³/mol. The molecule has 1 aromatic heterocycles. The average molecular weight is 496 g/mol. The number of anilines is 3. The highest BCUT2D eigenvalue weighted by Crippen LogP contribution is 2.48. The Bertz CT molecular complexity index is 1820. The van der Waals surface area contributed by atoms with Gasteiger partial charge in [-0.05, 0) is 94.1 Å². The molecule has 0 unspecified atom stereocenters. The molecule has 1 heterocycles. The highest BCUT2D eigenvalue weighted by atomic mass is 16.3. The fourth-order valence-corrected chi connectivity index (χ4v) is 6.32. The molecule has 6 aromatic rings. The molecule has 2 nitrogen and oxygen atoms in total. The molecule has 0 amide bonds. The second-order valence-electron chi connectivity index (χ2n) is 12.1. The van der Waals surface area contributed by atoms with E-state index in [2.05, 4.69) is 124 Å². The van der Waals surface area contributed by atoms with E-state index in [0.717, 1.165) is 39.0 Å². The lowest BCUT2D eigenvalue weighted by molar-refractivity contribution is 0.332. The summed E-state index contributed by atoms with van der Waals surface area (Å²) in [6, 6.07) is 37.3. The van der Waals surface area contributed by atoms with Crippen LogP contribution in [0.2, 0.25) is 0 Å². The summed E-state index contributed by atoms with van der Waals surface area (Å²) in [5.74, 6) is 0. The zero-order chi connectivity index (χ0) is 26.1. The van der Waals surface area contributed by atoms with Gasteiger partial charge in [0.15, 0.2) is 0 Å². The van der Waals surface area contributed by atoms with Crippen molar-refractivity contribution < 1.29 is 4.42 Å². The third kappa shape index (κ3) is 3.62. The van der Waals surface area contributed by atoms with Gasteiger partial charge < -0.3 is 9.32 Å². The molecule has 38 heavy (non-hydrogen) atoms. The van der Waals surface area contributed by atoms with Crippen molar-refractivity contribution in [2.75, 3.05) is 4.90 Å². The second-order valence-corrected chi connectivity index (χ2v) is 12.1. The van der Waals surface area contributed by atoms with Gasteiger partial charge in [-0.3, -0.25) is 0 Å². The summed E-state index contributed by atoms with van der Waals surface area (Å²) < 4.78 is 6.13. The number of para-hydroxylation sites is 2. The van der Waals surface area contributed by atoms with Crippen LogP contribution in [0.5, 0.6) is 0 Å².